The highest BCUT2D eigenvalue weighted by Crippen LogP contribution is 2.26. The van der Waals surface area contributed by atoms with Crippen molar-refractivity contribution in [2.24, 2.45) is 11.7 Å². The van der Waals surface area contributed by atoms with Gasteiger partial charge in [0.15, 0.2) is 0 Å². The molecule has 0 saturated carbocycles. The maximum atomic E-state index is 12.4. The van der Waals surface area contributed by atoms with E-state index < -0.39 is 25.2 Å². The maximum Gasteiger partial charge on any atom is 0.396 e. The summed E-state index contributed by atoms with van der Waals surface area (Å²) in [5.41, 5.74) is 6.21. The van der Waals surface area contributed by atoms with Crippen molar-refractivity contribution in [3.05, 3.63) is 29.8 Å². The van der Waals surface area contributed by atoms with Gasteiger partial charge in [-0.3, -0.25) is 0 Å². The third-order valence-electron chi connectivity index (χ3n) is 2.75. The Morgan fingerprint density at radius 2 is 1.72 bits per heavy atom. The Morgan fingerprint density at radius 3 is 2.11 bits per heavy atom. The second kappa shape index (κ2) is 6.09. The second-order valence-corrected chi connectivity index (χ2v) is 4.51. The fraction of sp³-hybridized carbons (Fsp3) is 0.538. The van der Waals surface area contributed by atoms with Gasteiger partial charge >= 0.3 is 6.18 Å². The summed E-state index contributed by atoms with van der Waals surface area (Å²) in [5, 5.41) is 0. The molecule has 1 rings (SSSR count). The van der Waals surface area contributed by atoms with Crippen molar-refractivity contribution < 1.29 is 17.9 Å². The normalized spacial score (nSPS) is 13.7. The predicted molar refractivity (Wildman–Crippen MR) is 64.6 cm³/mol. The first-order valence-electron chi connectivity index (χ1n) is 5.84. The Morgan fingerprint density at radius 1 is 1.17 bits per heavy atom. The summed E-state index contributed by atoms with van der Waals surface area (Å²) < 4.78 is 42.4. The molecular formula is C13H18F3NO. The Hall–Kier alpha value is -1.23. The van der Waals surface area contributed by atoms with Crippen LogP contribution in [0.1, 0.15) is 25.3 Å². The van der Waals surface area contributed by atoms with Crippen molar-refractivity contribution in [1.29, 1.82) is 0 Å². The summed E-state index contributed by atoms with van der Waals surface area (Å²) in [5.74, 6) is -0.810. The van der Waals surface area contributed by atoms with Crippen molar-refractivity contribution in [1.82, 2.24) is 0 Å². The van der Waals surface area contributed by atoms with Crippen molar-refractivity contribution in [3.8, 4) is 5.75 Å². The second-order valence-electron chi connectivity index (χ2n) is 4.51. The van der Waals surface area contributed by atoms with Crippen LogP contribution in [0.4, 0.5) is 13.2 Å². The van der Waals surface area contributed by atoms with Gasteiger partial charge in [-0.05, 0) is 23.6 Å². The van der Waals surface area contributed by atoms with Crippen LogP contribution < -0.4 is 10.5 Å². The molecule has 0 aliphatic heterocycles. The van der Waals surface area contributed by atoms with Crippen LogP contribution in [0.2, 0.25) is 0 Å². The number of benzene rings is 1. The zero-order chi connectivity index (χ0) is 13.8. The molecule has 2 nitrogen and oxygen atoms in total. The lowest BCUT2D eigenvalue weighted by Gasteiger charge is -2.19. The molecule has 0 saturated heterocycles. The SMILES string of the molecule is CC(C)c1ccc(OCC(CN)C(F)(F)F)cc1. The first-order chi connectivity index (χ1) is 8.34. The average molecular weight is 261 g/mol. The van der Waals surface area contributed by atoms with Gasteiger partial charge in [-0.15, -0.1) is 0 Å². The fourth-order valence-corrected chi connectivity index (χ4v) is 1.44. The predicted octanol–water partition coefficient (Wildman–Crippen LogP) is 3.33. The minimum atomic E-state index is -4.31. The minimum absolute atomic E-state index is 0.381. The zero-order valence-corrected chi connectivity index (χ0v) is 10.5. The minimum Gasteiger partial charge on any atom is -0.493 e. The largest absolute Gasteiger partial charge is 0.493 e. The molecule has 1 aromatic rings. The van der Waals surface area contributed by atoms with Crippen LogP contribution in [0.25, 0.3) is 0 Å². The molecule has 0 aromatic heterocycles. The lowest BCUT2D eigenvalue weighted by Crippen LogP contribution is -2.35. The third kappa shape index (κ3) is 4.22. The summed E-state index contributed by atoms with van der Waals surface area (Å²) in [6.07, 6.45) is -4.31. The van der Waals surface area contributed by atoms with Crippen LogP contribution >= 0.6 is 0 Å². The zero-order valence-electron chi connectivity index (χ0n) is 10.5. The molecule has 0 amide bonds. The fourth-order valence-electron chi connectivity index (χ4n) is 1.44. The Labute approximate surface area is 105 Å². The number of hydrogen-bond donors (Lipinski definition) is 1. The molecule has 102 valence electrons. The van der Waals surface area contributed by atoms with E-state index in [9.17, 15) is 13.2 Å². The van der Waals surface area contributed by atoms with E-state index >= 15 is 0 Å². The highest BCUT2D eigenvalue weighted by Gasteiger charge is 2.39. The Bertz CT molecular complexity index is 359. The molecule has 0 aliphatic carbocycles. The van der Waals surface area contributed by atoms with Gasteiger partial charge < -0.3 is 10.5 Å². The highest BCUT2D eigenvalue weighted by molar-refractivity contribution is 5.28. The van der Waals surface area contributed by atoms with Crippen LogP contribution in [0.3, 0.4) is 0 Å². The van der Waals surface area contributed by atoms with E-state index in [0.29, 0.717) is 11.7 Å². The van der Waals surface area contributed by atoms with E-state index in [0.717, 1.165) is 5.56 Å². The molecule has 1 unspecified atom stereocenters. The molecule has 0 aliphatic rings. The lowest BCUT2D eigenvalue weighted by molar-refractivity contribution is -0.178. The average Bonchev–Trinajstić information content (AvgIpc) is 2.28. The number of hydrogen-bond acceptors (Lipinski definition) is 2. The molecule has 1 atom stereocenters. The molecule has 2 N–H and O–H groups in total. The highest BCUT2D eigenvalue weighted by atomic mass is 19.4. The van der Waals surface area contributed by atoms with Crippen molar-refractivity contribution in [3.63, 3.8) is 0 Å². The van der Waals surface area contributed by atoms with Crippen molar-refractivity contribution >= 4 is 0 Å². The van der Waals surface area contributed by atoms with Crippen LogP contribution in [-0.2, 0) is 0 Å². The first-order valence-corrected chi connectivity index (χ1v) is 5.84. The van der Waals surface area contributed by atoms with Crippen LogP contribution in [0, 0.1) is 5.92 Å². The summed E-state index contributed by atoms with van der Waals surface area (Å²) in [6.45, 7) is 3.18. The van der Waals surface area contributed by atoms with Crippen LogP contribution in [0.5, 0.6) is 5.75 Å². The molecule has 0 spiro atoms. The number of nitrogens with two attached hydrogens (primary N) is 1. The van der Waals surface area contributed by atoms with Gasteiger partial charge in [-0.2, -0.15) is 13.2 Å². The third-order valence-corrected chi connectivity index (χ3v) is 2.75. The number of alkyl halides is 3. The van der Waals surface area contributed by atoms with E-state index in [1.807, 2.05) is 26.0 Å². The smallest absolute Gasteiger partial charge is 0.396 e. The van der Waals surface area contributed by atoms with Gasteiger partial charge in [0.25, 0.3) is 0 Å². The van der Waals surface area contributed by atoms with Gasteiger partial charge in [-0.1, -0.05) is 26.0 Å². The summed E-state index contributed by atoms with van der Waals surface area (Å²) in [7, 11) is 0. The molecular weight excluding hydrogens is 243 g/mol. The van der Waals surface area contributed by atoms with E-state index in [-0.39, 0.29) is 0 Å². The number of halogens is 3. The Kier molecular flexibility index (Phi) is 5.02. The first kappa shape index (κ1) is 14.8. The monoisotopic (exact) mass is 261 g/mol. The van der Waals surface area contributed by atoms with Crippen molar-refractivity contribution in [2.75, 3.05) is 13.2 Å². The molecule has 1 aromatic carbocycles. The maximum absolute atomic E-state index is 12.4. The summed E-state index contributed by atoms with van der Waals surface area (Å²) in [6, 6.07) is 7.06. The lowest BCUT2D eigenvalue weighted by atomic mass is 10.0. The van der Waals surface area contributed by atoms with Crippen molar-refractivity contribution in [2.45, 2.75) is 25.9 Å². The molecule has 0 radical (unpaired) electrons. The van der Waals surface area contributed by atoms with Gasteiger partial charge in [-0.25, -0.2) is 0 Å². The van der Waals surface area contributed by atoms with Crippen LogP contribution in [0.15, 0.2) is 24.3 Å². The van der Waals surface area contributed by atoms with E-state index in [1.165, 1.54) is 0 Å². The number of ether oxygens (including phenoxy) is 1. The molecule has 0 bridgehead atoms. The topological polar surface area (TPSA) is 35.2 Å². The van der Waals surface area contributed by atoms with Gasteiger partial charge in [0.05, 0.1) is 0 Å². The molecule has 0 fully saturated rings. The van der Waals surface area contributed by atoms with Gasteiger partial charge in [0.1, 0.15) is 18.3 Å². The van der Waals surface area contributed by atoms with Gasteiger partial charge in [0, 0.05) is 6.54 Å². The summed E-state index contributed by atoms with van der Waals surface area (Å²) >= 11 is 0. The molecule has 18 heavy (non-hydrogen) atoms. The number of rotatable bonds is 5. The Balaban J connectivity index is 2.58. The quantitative estimate of drug-likeness (QED) is 0.882. The van der Waals surface area contributed by atoms with Crippen LogP contribution in [-0.4, -0.2) is 19.3 Å². The molecule has 5 heteroatoms. The molecule has 0 heterocycles. The van der Waals surface area contributed by atoms with Gasteiger partial charge in [0.2, 0.25) is 0 Å². The van der Waals surface area contributed by atoms with E-state index in [4.69, 9.17) is 10.5 Å². The standard InChI is InChI=1S/C13H18F3NO/c1-9(2)10-3-5-12(6-4-10)18-8-11(7-17)13(14,15)16/h3-6,9,11H,7-8,17H2,1-2H3. The van der Waals surface area contributed by atoms with E-state index in [2.05, 4.69) is 0 Å². The van der Waals surface area contributed by atoms with E-state index in [1.54, 1.807) is 12.1 Å². The summed E-state index contributed by atoms with van der Waals surface area (Å²) in [4.78, 5) is 0.